The second-order valence-electron chi connectivity index (χ2n) is 3.84. The smallest absolute Gasteiger partial charge is 1.00 e. The van der Waals surface area contributed by atoms with Crippen molar-refractivity contribution in [2.45, 2.75) is 9.79 Å². The van der Waals surface area contributed by atoms with Crippen LogP contribution in [0, 0.1) is 0 Å². The molecule has 0 bridgehead atoms. The number of hydrogen-bond acceptors (Lipinski definition) is 8. The summed E-state index contributed by atoms with van der Waals surface area (Å²) in [7, 11) is -9.74. The van der Waals surface area contributed by atoms with Crippen LogP contribution in [0.1, 0.15) is 1.43 Å². The molecule has 1 aromatic rings. The van der Waals surface area contributed by atoms with E-state index in [2.05, 4.69) is 0 Å². The van der Waals surface area contributed by atoms with Crippen LogP contribution >= 0.6 is 0 Å². The molecule has 0 unspecified atom stereocenters. The molecule has 0 fully saturated rings. The van der Waals surface area contributed by atoms with Gasteiger partial charge >= 0.3 is 29.6 Å². The van der Waals surface area contributed by atoms with Gasteiger partial charge in [-0.15, -0.1) is 0 Å². The number of hydrogen-bond donors (Lipinski definition) is 4. The molecule has 23 heavy (non-hydrogen) atoms. The van der Waals surface area contributed by atoms with Gasteiger partial charge in [0.05, 0.1) is 13.2 Å². The Morgan fingerprint density at radius 1 is 0.826 bits per heavy atom. The third-order valence-electron chi connectivity index (χ3n) is 2.26. The number of aliphatic hydroxyl groups is 2. The summed E-state index contributed by atoms with van der Waals surface area (Å²) in [5, 5.41) is 17.4. The molecule has 0 spiro atoms. The monoisotopic (exact) mass is 382 g/mol. The molecule has 0 amide bonds. The summed E-state index contributed by atoms with van der Waals surface area (Å²) in [6.45, 7) is -1.63. The van der Waals surface area contributed by atoms with Crippen molar-refractivity contribution in [1.82, 2.24) is 0 Å². The van der Waals surface area contributed by atoms with Crippen molar-refractivity contribution in [3.8, 4) is 11.5 Å². The minimum absolute atomic E-state index is 0. The van der Waals surface area contributed by atoms with Crippen LogP contribution in [0.3, 0.4) is 0 Å². The third-order valence-corrected chi connectivity index (χ3v) is 4.01. The SMILES string of the molecule is O=S(=O)(O)c1cc(S(=O)(=O)O)c(OCCO)cc1OCCO.[H-].[Na+]. The quantitative estimate of drug-likeness (QED) is 0.257. The molecule has 0 saturated carbocycles. The standard InChI is InChI=1S/C10H14O10S2.Na.H/c11-1-3-19-7-5-8(20-4-2-12)10(22(16,17)18)6-9(7)21(13,14)15;;/h5-6,11-12H,1-4H2,(H,13,14,15)(H,16,17,18);;/q;+1;-1. The Morgan fingerprint density at radius 3 is 1.43 bits per heavy atom. The Balaban J connectivity index is 0. The van der Waals surface area contributed by atoms with Gasteiger partial charge in [-0.3, -0.25) is 9.11 Å². The summed E-state index contributed by atoms with van der Waals surface area (Å²) in [4.78, 5) is -1.85. The van der Waals surface area contributed by atoms with Gasteiger partial charge in [-0.1, -0.05) is 0 Å². The van der Waals surface area contributed by atoms with Crippen LogP contribution in [0.5, 0.6) is 11.5 Å². The third kappa shape index (κ3) is 6.52. The molecule has 0 aliphatic rings. The Morgan fingerprint density at radius 2 is 1.17 bits per heavy atom. The molecule has 0 aliphatic carbocycles. The van der Waals surface area contributed by atoms with Gasteiger partial charge in [0, 0.05) is 6.07 Å². The molecule has 0 atom stereocenters. The molecule has 0 aliphatic heterocycles. The molecule has 10 nitrogen and oxygen atoms in total. The van der Waals surface area contributed by atoms with Crippen molar-refractivity contribution in [2.24, 2.45) is 0 Å². The maximum absolute atomic E-state index is 11.3. The van der Waals surface area contributed by atoms with Crippen LogP contribution in [0.25, 0.3) is 0 Å². The largest absolute Gasteiger partial charge is 1.00 e. The van der Waals surface area contributed by atoms with Crippen LogP contribution in [-0.2, 0) is 20.2 Å². The second-order valence-corrected chi connectivity index (χ2v) is 6.62. The van der Waals surface area contributed by atoms with E-state index in [1.165, 1.54) is 0 Å². The molecule has 1 aromatic carbocycles. The Bertz CT molecular complexity index is 675. The van der Waals surface area contributed by atoms with E-state index in [9.17, 15) is 16.8 Å². The summed E-state index contributed by atoms with van der Waals surface area (Å²) in [6.07, 6.45) is 0. The Hall–Kier alpha value is -0.440. The molecule has 0 aromatic heterocycles. The first-order valence-corrected chi connectivity index (χ1v) is 8.59. The van der Waals surface area contributed by atoms with E-state index in [1.807, 2.05) is 0 Å². The van der Waals surface area contributed by atoms with Gasteiger partial charge in [0.2, 0.25) is 0 Å². The van der Waals surface area contributed by atoms with Gasteiger partial charge in [0.1, 0.15) is 34.5 Å². The zero-order valence-electron chi connectivity index (χ0n) is 13.0. The van der Waals surface area contributed by atoms with Gasteiger partial charge in [0.25, 0.3) is 20.2 Å². The van der Waals surface area contributed by atoms with E-state index in [0.717, 1.165) is 6.07 Å². The number of ether oxygens (including phenoxy) is 2. The molecule has 128 valence electrons. The summed E-state index contributed by atoms with van der Waals surface area (Å²) < 4.78 is 73.1. The van der Waals surface area contributed by atoms with E-state index < -0.39 is 54.7 Å². The molecular weight excluding hydrogens is 367 g/mol. The van der Waals surface area contributed by atoms with Crippen molar-refractivity contribution >= 4 is 20.2 Å². The first kappa shape index (κ1) is 22.6. The molecule has 0 radical (unpaired) electrons. The Kier molecular flexibility index (Phi) is 8.97. The maximum Gasteiger partial charge on any atom is 1.00 e. The fourth-order valence-electron chi connectivity index (χ4n) is 1.46. The van der Waals surface area contributed by atoms with Crippen molar-refractivity contribution in [3.63, 3.8) is 0 Å². The molecule has 0 saturated heterocycles. The summed E-state index contributed by atoms with van der Waals surface area (Å²) >= 11 is 0. The zero-order chi connectivity index (χ0) is 17.0. The first-order valence-electron chi connectivity index (χ1n) is 5.71. The van der Waals surface area contributed by atoms with Crippen molar-refractivity contribution in [3.05, 3.63) is 12.1 Å². The van der Waals surface area contributed by atoms with Crippen LogP contribution < -0.4 is 39.0 Å². The summed E-state index contributed by atoms with van der Waals surface area (Å²) in [5.41, 5.74) is 0. The number of aliphatic hydroxyl groups excluding tert-OH is 2. The number of rotatable bonds is 8. The van der Waals surface area contributed by atoms with E-state index in [0.29, 0.717) is 6.07 Å². The maximum atomic E-state index is 11.3. The van der Waals surface area contributed by atoms with Crippen molar-refractivity contribution in [2.75, 3.05) is 26.4 Å². The fourth-order valence-corrected chi connectivity index (χ4v) is 2.81. The average Bonchev–Trinajstić information content (AvgIpc) is 2.39. The van der Waals surface area contributed by atoms with Crippen molar-refractivity contribution < 1.29 is 76.6 Å². The molecule has 1 rings (SSSR count). The van der Waals surface area contributed by atoms with Gasteiger partial charge < -0.3 is 21.1 Å². The molecular formula is C10H15NaO10S2. The fraction of sp³-hybridized carbons (Fsp3) is 0.400. The van der Waals surface area contributed by atoms with E-state index >= 15 is 0 Å². The minimum Gasteiger partial charge on any atom is -1.00 e. The van der Waals surface area contributed by atoms with Crippen LogP contribution in [0.2, 0.25) is 0 Å². The van der Waals surface area contributed by atoms with E-state index in [1.54, 1.807) is 0 Å². The molecule has 4 N–H and O–H groups in total. The van der Waals surface area contributed by atoms with Crippen molar-refractivity contribution in [1.29, 1.82) is 0 Å². The van der Waals surface area contributed by atoms with Crippen LogP contribution in [-0.4, -0.2) is 62.6 Å². The Labute approximate surface area is 156 Å². The zero-order valence-corrected chi connectivity index (χ0v) is 15.7. The molecule has 13 heteroatoms. The van der Waals surface area contributed by atoms with Crippen LogP contribution in [0.4, 0.5) is 0 Å². The summed E-state index contributed by atoms with van der Waals surface area (Å²) in [6, 6.07) is 1.25. The van der Waals surface area contributed by atoms with Gasteiger partial charge in [-0.05, 0) is 6.07 Å². The minimum atomic E-state index is -4.87. The second kappa shape index (κ2) is 9.15. The predicted molar refractivity (Wildman–Crippen MR) is 72.3 cm³/mol. The topological polar surface area (TPSA) is 168 Å². The first-order chi connectivity index (χ1) is 10.1. The van der Waals surface area contributed by atoms with Crippen LogP contribution in [0.15, 0.2) is 21.9 Å². The number of benzene rings is 1. The van der Waals surface area contributed by atoms with Gasteiger partial charge in [0.15, 0.2) is 0 Å². The van der Waals surface area contributed by atoms with Gasteiger partial charge in [-0.25, -0.2) is 0 Å². The predicted octanol–water partition coefficient (Wildman–Crippen LogP) is -3.96. The van der Waals surface area contributed by atoms with E-state index in [-0.39, 0.29) is 44.2 Å². The van der Waals surface area contributed by atoms with E-state index in [4.69, 9.17) is 28.8 Å². The average molecular weight is 382 g/mol. The molecule has 0 heterocycles. The van der Waals surface area contributed by atoms with Gasteiger partial charge in [-0.2, -0.15) is 16.8 Å². The summed E-state index contributed by atoms with van der Waals surface area (Å²) in [5.74, 6) is -0.978. The normalized spacial score (nSPS) is 11.7.